The molecule has 0 fully saturated rings. The second kappa shape index (κ2) is 7.23. The van der Waals surface area contributed by atoms with Crippen molar-refractivity contribution in [1.82, 2.24) is 10.2 Å². The number of carbonyl (C=O) groups excluding carboxylic acids is 1. The summed E-state index contributed by atoms with van der Waals surface area (Å²) >= 11 is 0. The molecule has 3 nitrogen and oxygen atoms in total. The van der Waals surface area contributed by atoms with E-state index in [1.807, 2.05) is 18.2 Å². The van der Waals surface area contributed by atoms with Gasteiger partial charge in [-0.3, -0.25) is 9.69 Å². The molecule has 2 aromatic rings. The molecule has 2 aromatic carbocycles. The van der Waals surface area contributed by atoms with E-state index in [-0.39, 0.29) is 5.91 Å². The highest BCUT2D eigenvalue weighted by Gasteiger charge is 2.17. The first-order valence-electron chi connectivity index (χ1n) is 7.91. The maximum absolute atomic E-state index is 12.1. The lowest BCUT2D eigenvalue weighted by atomic mass is 10.00. The summed E-state index contributed by atoms with van der Waals surface area (Å²) in [6, 6.07) is 18.8. The van der Waals surface area contributed by atoms with E-state index in [1.54, 1.807) is 0 Å². The summed E-state index contributed by atoms with van der Waals surface area (Å²) < 4.78 is 0. The Bertz CT molecular complexity index is 624. The Hall–Kier alpha value is -2.13. The molecule has 0 aromatic heterocycles. The van der Waals surface area contributed by atoms with Gasteiger partial charge < -0.3 is 5.32 Å². The average Bonchev–Trinajstić information content (AvgIpc) is 2.56. The van der Waals surface area contributed by atoms with Crippen molar-refractivity contribution < 1.29 is 4.79 Å². The summed E-state index contributed by atoms with van der Waals surface area (Å²) in [5.74, 6) is 0.121. The van der Waals surface area contributed by atoms with E-state index in [1.165, 1.54) is 16.7 Å². The van der Waals surface area contributed by atoms with E-state index in [9.17, 15) is 4.79 Å². The highest BCUT2D eigenvalue weighted by Crippen LogP contribution is 2.17. The fraction of sp³-hybridized carbons (Fsp3) is 0.316. The summed E-state index contributed by atoms with van der Waals surface area (Å²) in [4.78, 5) is 14.3. The van der Waals surface area contributed by atoms with E-state index in [0.29, 0.717) is 13.1 Å². The fourth-order valence-electron chi connectivity index (χ4n) is 2.94. The molecule has 0 radical (unpaired) electrons. The molecule has 0 saturated heterocycles. The lowest BCUT2D eigenvalue weighted by Crippen LogP contribution is -2.40. The van der Waals surface area contributed by atoms with E-state index in [2.05, 4.69) is 46.6 Å². The second-order valence-electron chi connectivity index (χ2n) is 5.81. The normalized spacial score (nSPS) is 14.4. The van der Waals surface area contributed by atoms with Crippen LogP contribution in [-0.4, -0.2) is 30.4 Å². The number of carbonyl (C=O) groups is 1. The van der Waals surface area contributed by atoms with Crippen molar-refractivity contribution in [1.29, 1.82) is 0 Å². The van der Waals surface area contributed by atoms with Gasteiger partial charge in [-0.1, -0.05) is 54.6 Å². The third kappa shape index (κ3) is 3.95. The molecule has 0 unspecified atom stereocenters. The number of amides is 1. The van der Waals surface area contributed by atoms with Crippen LogP contribution < -0.4 is 5.32 Å². The third-order valence-electron chi connectivity index (χ3n) is 4.16. The number of rotatable bonds is 5. The number of benzene rings is 2. The van der Waals surface area contributed by atoms with Crippen molar-refractivity contribution in [2.75, 3.05) is 19.6 Å². The highest BCUT2D eigenvalue weighted by molar-refractivity contribution is 5.78. The molecule has 3 heteroatoms. The SMILES string of the molecule is O=C(CN1CCc2ccccc2C1)NCCc1ccccc1. The lowest BCUT2D eigenvalue weighted by molar-refractivity contribution is -0.122. The summed E-state index contributed by atoms with van der Waals surface area (Å²) in [5.41, 5.74) is 4.03. The van der Waals surface area contributed by atoms with Crippen LogP contribution in [-0.2, 0) is 24.2 Å². The van der Waals surface area contributed by atoms with E-state index in [4.69, 9.17) is 0 Å². The molecule has 1 heterocycles. The second-order valence-corrected chi connectivity index (χ2v) is 5.81. The summed E-state index contributed by atoms with van der Waals surface area (Å²) in [6.45, 7) is 3.03. The molecular formula is C19H22N2O. The molecule has 114 valence electrons. The van der Waals surface area contributed by atoms with Crippen molar-refractivity contribution in [3.05, 3.63) is 71.3 Å². The van der Waals surface area contributed by atoms with Gasteiger partial charge in [0.2, 0.25) is 5.91 Å². The van der Waals surface area contributed by atoms with Crippen LogP contribution in [0.2, 0.25) is 0 Å². The number of hydrogen-bond acceptors (Lipinski definition) is 2. The predicted octanol–water partition coefficient (Wildman–Crippen LogP) is 2.40. The van der Waals surface area contributed by atoms with Gasteiger partial charge in [0.1, 0.15) is 0 Å². The molecule has 0 spiro atoms. The molecular weight excluding hydrogens is 272 g/mol. The molecule has 0 saturated carbocycles. The van der Waals surface area contributed by atoms with Crippen LogP contribution in [0.15, 0.2) is 54.6 Å². The minimum atomic E-state index is 0.121. The van der Waals surface area contributed by atoms with Crippen LogP contribution in [0.4, 0.5) is 0 Å². The smallest absolute Gasteiger partial charge is 0.234 e. The first kappa shape index (κ1) is 14.8. The molecule has 0 bridgehead atoms. The zero-order valence-electron chi connectivity index (χ0n) is 12.8. The third-order valence-corrected chi connectivity index (χ3v) is 4.16. The van der Waals surface area contributed by atoms with Gasteiger partial charge in [0.25, 0.3) is 0 Å². The van der Waals surface area contributed by atoms with Gasteiger partial charge in [-0.15, -0.1) is 0 Å². The first-order valence-corrected chi connectivity index (χ1v) is 7.91. The summed E-state index contributed by atoms with van der Waals surface area (Å²) in [6.07, 6.45) is 1.92. The molecule has 1 N–H and O–H groups in total. The van der Waals surface area contributed by atoms with Crippen molar-refractivity contribution in [3.63, 3.8) is 0 Å². The molecule has 0 aliphatic carbocycles. The Labute approximate surface area is 132 Å². The largest absolute Gasteiger partial charge is 0.355 e. The van der Waals surface area contributed by atoms with E-state index in [0.717, 1.165) is 25.9 Å². The standard InChI is InChI=1S/C19H22N2O/c22-19(20-12-10-16-6-2-1-3-7-16)15-21-13-11-17-8-4-5-9-18(17)14-21/h1-9H,10-15H2,(H,20,22). The molecule has 22 heavy (non-hydrogen) atoms. The van der Waals surface area contributed by atoms with Gasteiger partial charge in [0.05, 0.1) is 6.54 Å². The minimum Gasteiger partial charge on any atom is -0.355 e. The van der Waals surface area contributed by atoms with Crippen LogP contribution in [0.25, 0.3) is 0 Å². The summed E-state index contributed by atoms with van der Waals surface area (Å²) in [5, 5.41) is 3.02. The van der Waals surface area contributed by atoms with Gasteiger partial charge in [0, 0.05) is 19.6 Å². The summed E-state index contributed by atoms with van der Waals surface area (Å²) in [7, 11) is 0. The lowest BCUT2D eigenvalue weighted by Gasteiger charge is -2.28. The molecule has 1 aliphatic heterocycles. The van der Waals surface area contributed by atoms with Crippen molar-refractivity contribution in [3.8, 4) is 0 Å². The molecule has 1 aliphatic rings. The zero-order chi connectivity index (χ0) is 15.2. The first-order chi connectivity index (χ1) is 10.8. The Morgan fingerprint density at radius 3 is 2.55 bits per heavy atom. The van der Waals surface area contributed by atoms with Crippen LogP contribution in [0.3, 0.4) is 0 Å². The van der Waals surface area contributed by atoms with Crippen LogP contribution in [0, 0.1) is 0 Å². The topological polar surface area (TPSA) is 32.3 Å². The molecule has 3 rings (SSSR count). The molecule has 1 amide bonds. The Morgan fingerprint density at radius 1 is 1.00 bits per heavy atom. The number of fused-ring (bicyclic) bond motifs is 1. The van der Waals surface area contributed by atoms with Crippen molar-refractivity contribution in [2.24, 2.45) is 0 Å². The quantitative estimate of drug-likeness (QED) is 0.918. The monoisotopic (exact) mass is 294 g/mol. The van der Waals surface area contributed by atoms with Gasteiger partial charge in [-0.2, -0.15) is 0 Å². The van der Waals surface area contributed by atoms with Gasteiger partial charge >= 0.3 is 0 Å². The molecule has 0 atom stereocenters. The Kier molecular flexibility index (Phi) is 4.86. The fourth-order valence-corrected chi connectivity index (χ4v) is 2.94. The van der Waals surface area contributed by atoms with Crippen molar-refractivity contribution in [2.45, 2.75) is 19.4 Å². The van der Waals surface area contributed by atoms with E-state index >= 15 is 0 Å². The Balaban J connectivity index is 1.43. The van der Waals surface area contributed by atoms with Crippen LogP contribution in [0.5, 0.6) is 0 Å². The maximum Gasteiger partial charge on any atom is 0.234 e. The van der Waals surface area contributed by atoms with Crippen LogP contribution in [0.1, 0.15) is 16.7 Å². The number of hydrogen-bond donors (Lipinski definition) is 1. The number of nitrogens with one attached hydrogen (secondary N) is 1. The van der Waals surface area contributed by atoms with Crippen molar-refractivity contribution >= 4 is 5.91 Å². The zero-order valence-corrected chi connectivity index (χ0v) is 12.8. The maximum atomic E-state index is 12.1. The number of nitrogens with zero attached hydrogens (tertiary/aromatic N) is 1. The average molecular weight is 294 g/mol. The Morgan fingerprint density at radius 2 is 1.73 bits per heavy atom. The van der Waals surface area contributed by atoms with Gasteiger partial charge in [0.15, 0.2) is 0 Å². The van der Waals surface area contributed by atoms with Gasteiger partial charge in [-0.25, -0.2) is 0 Å². The van der Waals surface area contributed by atoms with E-state index < -0.39 is 0 Å². The van der Waals surface area contributed by atoms with Gasteiger partial charge in [-0.05, 0) is 29.5 Å². The predicted molar refractivity (Wildman–Crippen MR) is 88.6 cm³/mol. The van der Waals surface area contributed by atoms with Crippen LogP contribution >= 0.6 is 0 Å². The minimum absolute atomic E-state index is 0.121. The highest BCUT2D eigenvalue weighted by atomic mass is 16.2.